The van der Waals surface area contributed by atoms with Crippen LogP contribution in [0.5, 0.6) is 0 Å². The molecule has 0 bridgehead atoms. The summed E-state index contributed by atoms with van der Waals surface area (Å²) in [6.45, 7) is 5.56. The summed E-state index contributed by atoms with van der Waals surface area (Å²) in [6.07, 6.45) is 4.65. The zero-order chi connectivity index (χ0) is 9.97. The molecule has 2 nitrogen and oxygen atoms in total. The van der Waals surface area contributed by atoms with Crippen molar-refractivity contribution in [3.05, 3.63) is 15.6 Å². The lowest BCUT2D eigenvalue weighted by atomic mass is 10.1. The molecule has 1 aromatic heterocycles. The van der Waals surface area contributed by atoms with Crippen molar-refractivity contribution in [2.45, 2.75) is 45.6 Å². The number of rotatable bonds is 3. The molecule has 78 valence electrons. The molecule has 0 saturated carbocycles. The molecule has 0 radical (unpaired) electrons. The van der Waals surface area contributed by atoms with Crippen molar-refractivity contribution < 1.29 is 0 Å². The first-order valence-electron chi connectivity index (χ1n) is 5.57. The van der Waals surface area contributed by atoms with E-state index < -0.39 is 0 Å². The number of hydrogen-bond donors (Lipinski definition) is 1. The third kappa shape index (κ3) is 1.84. The van der Waals surface area contributed by atoms with Crippen molar-refractivity contribution in [2.75, 3.05) is 6.54 Å². The third-order valence-corrected chi connectivity index (χ3v) is 3.98. The van der Waals surface area contributed by atoms with Gasteiger partial charge in [0.1, 0.15) is 0 Å². The Morgan fingerprint density at radius 2 is 2.36 bits per heavy atom. The second kappa shape index (κ2) is 4.41. The molecule has 0 unspecified atom stereocenters. The first-order chi connectivity index (χ1) is 6.85. The fourth-order valence-electron chi connectivity index (χ4n) is 1.97. The highest BCUT2D eigenvalue weighted by atomic mass is 32.1. The lowest BCUT2D eigenvalue weighted by Crippen LogP contribution is -2.28. The molecule has 1 aromatic rings. The standard InChI is InChI=1S/C11H18N2S/c1-3-5-10-13-9-6-7-12-8(4-2)11(9)14-10/h8,12H,3-7H2,1-2H3/t8-/m1/s1. The topological polar surface area (TPSA) is 24.9 Å². The zero-order valence-corrected chi connectivity index (χ0v) is 9.78. The van der Waals surface area contributed by atoms with Crippen molar-refractivity contribution >= 4 is 11.3 Å². The van der Waals surface area contributed by atoms with Gasteiger partial charge in [-0.05, 0) is 19.3 Å². The van der Waals surface area contributed by atoms with Crippen LogP contribution in [0.15, 0.2) is 0 Å². The molecule has 0 aromatic carbocycles. The number of aromatic nitrogens is 1. The van der Waals surface area contributed by atoms with Crippen LogP contribution in [0.2, 0.25) is 0 Å². The molecule has 1 aliphatic heterocycles. The van der Waals surface area contributed by atoms with Crippen molar-refractivity contribution in [2.24, 2.45) is 0 Å². The monoisotopic (exact) mass is 210 g/mol. The largest absolute Gasteiger partial charge is 0.309 e. The Hall–Kier alpha value is -0.410. The number of thiazole rings is 1. The van der Waals surface area contributed by atoms with Crippen LogP contribution in [-0.4, -0.2) is 11.5 Å². The SMILES string of the molecule is CCCc1nc2c(s1)[C@@H](CC)NCC2. The van der Waals surface area contributed by atoms with Crippen LogP contribution >= 0.6 is 11.3 Å². The third-order valence-electron chi connectivity index (χ3n) is 2.71. The molecule has 1 N–H and O–H groups in total. The van der Waals surface area contributed by atoms with Crippen LogP contribution < -0.4 is 5.32 Å². The minimum absolute atomic E-state index is 0.571. The van der Waals surface area contributed by atoms with E-state index in [-0.39, 0.29) is 0 Å². The molecule has 14 heavy (non-hydrogen) atoms. The van der Waals surface area contributed by atoms with E-state index in [0.717, 1.165) is 19.4 Å². The van der Waals surface area contributed by atoms with Gasteiger partial charge in [-0.2, -0.15) is 0 Å². The van der Waals surface area contributed by atoms with Gasteiger partial charge in [0.2, 0.25) is 0 Å². The quantitative estimate of drug-likeness (QED) is 0.829. The van der Waals surface area contributed by atoms with E-state index in [4.69, 9.17) is 4.98 Å². The van der Waals surface area contributed by atoms with Gasteiger partial charge in [0.15, 0.2) is 0 Å². The molecule has 3 heteroatoms. The van der Waals surface area contributed by atoms with E-state index >= 15 is 0 Å². The molecule has 0 saturated heterocycles. The van der Waals surface area contributed by atoms with E-state index in [9.17, 15) is 0 Å². The highest BCUT2D eigenvalue weighted by molar-refractivity contribution is 7.11. The second-order valence-electron chi connectivity index (χ2n) is 3.83. The minimum atomic E-state index is 0.571. The maximum Gasteiger partial charge on any atom is 0.0931 e. The van der Waals surface area contributed by atoms with Crippen molar-refractivity contribution in [3.8, 4) is 0 Å². The van der Waals surface area contributed by atoms with Crippen molar-refractivity contribution in [3.63, 3.8) is 0 Å². The van der Waals surface area contributed by atoms with Crippen LogP contribution in [0.4, 0.5) is 0 Å². The van der Waals surface area contributed by atoms with Crippen LogP contribution in [0.1, 0.15) is 48.3 Å². The maximum absolute atomic E-state index is 4.72. The van der Waals surface area contributed by atoms with Gasteiger partial charge < -0.3 is 5.32 Å². The lowest BCUT2D eigenvalue weighted by molar-refractivity contribution is 0.497. The van der Waals surface area contributed by atoms with E-state index in [1.165, 1.54) is 28.4 Å². The molecule has 2 heterocycles. The predicted molar refractivity (Wildman–Crippen MR) is 60.8 cm³/mol. The molecule has 0 fully saturated rings. The number of aryl methyl sites for hydroxylation is 1. The highest BCUT2D eigenvalue weighted by Gasteiger charge is 2.22. The predicted octanol–water partition coefficient (Wildman–Crippen LogP) is 2.69. The smallest absolute Gasteiger partial charge is 0.0931 e. The molecule has 1 aliphatic rings. The van der Waals surface area contributed by atoms with Gasteiger partial charge in [-0.15, -0.1) is 11.3 Å². The Balaban J connectivity index is 2.24. The van der Waals surface area contributed by atoms with Gasteiger partial charge in [0, 0.05) is 23.9 Å². The van der Waals surface area contributed by atoms with E-state index in [1.54, 1.807) is 0 Å². The Morgan fingerprint density at radius 1 is 1.50 bits per heavy atom. The first kappa shape index (κ1) is 10.1. The molecular weight excluding hydrogens is 192 g/mol. The Labute approximate surface area is 89.8 Å². The zero-order valence-electron chi connectivity index (χ0n) is 8.97. The maximum atomic E-state index is 4.72. The van der Waals surface area contributed by atoms with Crippen LogP contribution in [0, 0.1) is 0 Å². The summed E-state index contributed by atoms with van der Waals surface area (Å²) >= 11 is 1.92. The number of nitrogens with zero attached hydrogens (tertiary/aromatic N) is 1. The summed E-state index contributed by atoms with van der Waals surface area (Å²) in [4.78, 5) is 6.22. The van der Waals surface area contributed by atoms with E-state index in [1.807, 2.05) is 11.3 Å². The summed E-state index contributed by atoms with van der Waals surface area (Å²) in [7, 11) is 0. The summed E-state index contributed by atoms with van der Waals surface area (Å²) in [5.41, 5.74) is 1.36. The Morgan fingerprint density at radius 3 is 3.07 bits per heavy atom. The number of hydrogen-bond acceptors (Lipinski definition) is 3. The molecule has 0 aliphatic carbocycles. The molecule has 0 amide bonds. The molecule has 2 rings (SSSR count). The van der Waals surface area contributed by atoms with Gasteiger partial charge in [0.25, 0.3) is 0 Å². The van der Waals surface area contributed by atoms with Crippen molar-refractivity contribution in [1.29, 1.82) is 0 Å². The van der Waals surface area contributed by atoms with Gasteiger partial charge in [0.05, 0.1) is 10.7 Å². The molecule has 0 spiro atoms. The van der Waals surface area contributed by atoms with E-state index in [0.29, 0.717) is 6.04 Å². The summed E-state index contributed by atoms with van der Waals surface area (Å²) in [5, 5.41) is 4.88. The second-order valence-corrected chi connectivity index (χ2v) is 4.95. The molecule has 1 atom stereocenters. The van der Waals surface area contributed by atoms with Gasteiger partial charge >= 0.3 is 0 Å². The van der Waals surface area contributed by atoms with Crippen LogP contribution in [-0.2, 0) is 12.8 Å². The highest BCUT2D eigenvalue weighted by Crippen LogP contribution is 2.31. The number of nitrogens with one attached hydrogen (secondary N) is 1. The van der Waals surface area contributed by atoms with Gasteiger partial charge in [-0.3, -0.25) is 0 Å². The van der Waals surface area contributed by atoms with E-state index in [2.05, 4.69) is 19.2 Å². The average Bonchev–Trinajstić information content (AvgIpc) is 2.60. The summed E-state index contributed by atoms with van der Waals surface area (Å²) < 4.78 is 0. The Kier molecular flexibility index (Phi) is 3.19. The first-order valence-corrected chi connectivity index (χ1v) is 6.38. The normalized spacial score (nSPS) is 20.9. The van der Waals surface area contributed by atoms with Gasteiger partial charge in [-0.1, -0.05) is 13.8 Å². The lowest BCUT2D eigenvalue weighted by Gasteiger charge is -2.21. The van der Waals surface area contributed by atoms with Gasteiger partial charge in [-0.25, -0.2) is 4.98 Å². The molecular formula is C11H18N2S. The fraction of sp³-hybridized carbons (Fsp3) is 0.727. The van der Waals surface area contributed by atoms with Crippen LogP contribution in [0.25, 0.3) is 0 Å². The van der Waals surface area contributed by atoms with Crippen molar-refractivity contribution in [1.82, 2.24) is 10.3 Å². The summed E-state index contributed by atoms with van der Waals surface area (Å²) in [6, 6.07) is 0.571. The number of fused-ring (bicyclic) bond motifs is 1. The average molecular weight is 210 g/mol. The fourth-order valence-corrected chi connectivity index (χ4v) is 3.35. The Bertz CT molecular complexity index is 306. The van der Waals surface area contributed by atoms with Crippen LogP contribution in [0.3, 0.4) is 0 Å². The minimum Gasteiger partial charge on any atom is -0.309 e. The summed E-state index contributed by atoms with van der Waals surface area (Å²) in [5.74, 6) is 0.